The molecule has 0 saturated carbocycles. The first-order valence-electron chi connectivity index (χ1n) is 6.57. The van der Waals surface area contributed by atoms with Crippen LogP contribution in [0.25, 0.3) is 0 Å². The highest BCUT2D eigenvalue weighted by Crippen LogP contribution is 2.15. The van der Waals surface area contributed by atoms with Gasteiger partial charge in [0.2, 0.25) is 0 Å². The van der Waals surface area contributed by atoms with Crippen LogP contribution in [0.3, 0.4) is 0 Å². The predicted molar refractivity (Wildman–Crippen MR) is 75.4 cm³/mol. The molecule has 1 aromatic heterocycles. The van der Waals surface area contributed by atoms with Crippen molar-refractivity contribution in [3.63, 3.8) is 0 Å². The zero-order valence-electron chi connectivity index (χ0n) is 12.6. The van der Waals surface area contributed by atoms with Gasteiger partial charge in [-0.05, 0) is 27.7 Å². The summed E-state index contributed by atoms with van der Waals surface area (Å²) in [5.74, 6) is -0.740. The Morgan fingerprint density at radius 2 is 2.05 bits per heavy atom. The highest BCUT2D eigenvalue weighted by molar-refractivity contribution is 7.89. The molecule has 8 nitrogen and oxygen atoms in total. The van der Waals surface area contributed by atoms with Crippen molar-refractivity contribution in [1.82, 2.24) is 14.9 Å². The second kappa shape index (κ2) is 7.01. The number of nitrogens with zero attached hydrogens (tertiary/aromatic N) is 1. The normalized spacial score (nSPS) is 12.4. The first-order chi connectivity index (χ1) is 9.73. The molecule has 21 heavy (non-hydrogen) atoms. The molecule has 1 rings (SSSR count). The van der Waals surface area contributed by atoms with Crippen LogP contribution in [-0.4, -0.2) is 49.9 Å². The van der Waals surface area contributed by atoms with Crippen LogP contribution in [0.1, 0.15) is 38.1 Å². The standard InChI is InChI=1S/C12H21N3O5S/c1-5-19-11(16)9-7-13-15-10(9)21(17,18)14-8-12(3,4)20-6-2/h7,14H,5-6,8H2,1-4H3,(H,13,15). The lowest BCUT2D eigenvalue weighted by molar-refractivity contribution is -0.00515. The van der Waals surface area contributed by atoms with Crippen molar-refractivity contribution in [3.05, 3.63) is 11.8 Å². The third-order valence-electron chi connectivity index (χ3n) is 2.59. The molecule has 0 radical (unpaired) electrons. The second-order valence-electron chi connectivity index (χ2n) is 4.85. The Morgan fingerprint density at radius 3 is 2.62 bits per heavy atom. The fourth-order valence-corrected chi connectivity index (χ4v) is 2.90. The molecule has 0 bridgehead atoms. The monoisotopic (exact) mass is 319 g/mol. The highest BCUT2D eigenvalue weighted by atomic mass is 32.2. The summed E-state index contributed by atoms with van der Waals surface area (Å²) in [5, 5.41) is 5.60. The number of H-pyrrole nitrogens is 1. The Morgan fingerprint density at radius 1 is 1.38 bits per heavy atom. The molecule has 1 heterocycles. The van der Waals surface area contributed by atoms with Gasteiger partial charge in [0.15, 0.2) is 5.03 Å². The number of sulfonamides is 1. The number of rotatable bonds is 8. The minimum atomic E-state index is -3.91. The molecule has 2 N–H and O–H groups in total. The molecule has 0 atom stereocenters. The number of nitrogens with one attached hydrogen (secondary N) is 2. The lowest BCUT2D eigenvalue weighted by atomic mass is 10.1. The van der Waals surface area contributed by atoms with Crippen molar-refractivity contribution in [3.8, 4) is 0 Å². The minimum Gasteiger partial charge on any atom is -0.462 e. The maximum absolute atomic E-state index is 12.2. The summed E-state index contributed by atoms with van der Waals surface area (Å²) < 4.78 is 37.1. The van der Waals surface area contributed by atoms with E-state index in [-0.39, 0.29) is 23.7 Å². The van der Waals surface area contributed by atoms with Crippen molar-refractivity contribution < 1.29 is 22.7 Å². The fourth-order valence-electron chi connectivity index (χ4n) is 1.62. The Kier molecular flexibility index (Phi) is 5.87. The molecule has 0 saturated heterocycles. The van der Waals surface area contributed by atoms with Crippen LogP contribution < -0.4 is 4.72 Å². The summed E-state index contributed by atoms with van der Waals surface area (Å²) in [7, 11) is -3.91. The van der Waals surface area contributed by atoms with Gasteiger partial charge in [-0.15, -0.1) is 0 Å². The van der Waals surface area contributed by atoms with E-state index in [0.29, 0.717) is 6.61 Å². The van der Waals surface area contributed by atoms with Gasteiger partial charge in [0.05, 0.1) is 18.4 Å². The summed E-state index contributed by atoms with van der Waals surface area (Å²) in [5.41, 5.74) is -0.787. The summed E-state index contributed by atoms with van der Waals surface area (Å²) in [6.45, 7) is 7.65. The summed E-state index contributed by atoms with van der Waals surface area (Å²) in [6, 6.07) is 0. The molecule has 0 spiro atoms. The Hall–Kier alpha value is -1.45. The van der Waals surface area contributed by atoms with Gasteiger partial charge in [0.1, 0.15) is 5.56 Å². The molecule has 0 fully saturated rings. The van der Waals surface area contributed by atoms with Gasteiger partial charge in [0, 0.05) is 13.2 Å². The van der Waals surface area contributed by atoms with Crippen LogP contribution in [-0.2, 0) is 19.5 Å². The van der Waals surface area contributed by atoms with Crippen LogP contribution in [0.4, 0.5) is 0 Å². The number of hydrogen-bond acceptors (Lipinski definition) is 6. The molecule has 1 aromatic rings. The van der Waals surface area contributed by atoms with E-state index in [2.05, 4.69) is 14.9 Å². The average molecular weight is 319 g/mol. The molecule has 0 amide bonds. The Balaban J connectivity index is 2.89. The lowest BCUT2D eigenvalue weighted by Crippen LogP contribution is -2.40. The van der Waals surface area contributed by atoms with E-state index in [9.17, 15) is 13.2 Å². The van der Waals surface area contributed by atoms with E-state index in [0.717, 1.165) is 6.20 Å². The molecule has 0 aliphatic heterocycles. The maximum atomic E-state index is 12.2. The van der Waals surface area contributed by atoms with E-state index in [1.165, 1.54) is 0 Å². The zero-order valence-corrected chi connectivity index (χ0v) is 13.4. The average Bonchev–Trinajstić information content (AvgIpc) is 2.87. The van der Waals surface area contributed by atoms with E-state index in [4.69, 9.17) is 9.47 Å². The van der Waals surface area contributed by atoms with Crippen LogP contribution in [0, 0.1) is 0 Å². The van der Waals surface area contributed by atoms with Crippen molar-refractivity contribution in [2.24, 2.45) is 0 Å². The second-order valence-corrected chi connectivity index (χ2v) is 6.55. The number of carbonyl (C=O) groups is 1. The number of ether oxygens (including phenoxy) is 2. The Bertz CT molecular complexity index is 579. The van der Waals surface area contributed by atoms with E-state index in [1.807, 2.05) is 6.92 Å². The highest BCUT2D eigenvalue weighted by Gasteiger charge is 2.28. The van der Waals surface area contributed by atoms with Crippen LogP contribution >= 0.6 is 0 Å². The summed E-state index contributed by atoms with van der Waals surface area (Å²) in [4.78, 5) is 11.7. The smallest absolute Gasteiger partial charge is 0.342 e. The van der Waals surface area contributed by atoms with E-state index < -0.39 is 21.6 Å². The Labute approximate surface area is 124 Å². The van der Waals surface area contributed by atoms with Crippen molar-refractivity contribution in [2.75, 3.05) is 19.8 Å². The van der Waals surface area contributed by atoms with Crippen molar-refractivity contribution in [1.29, 1.82) is 0 Å². The van der Waals surface area contributed by atoms with Crippen LogP contribution in [0.15, 0.2) is 11.2 Å². The number of carbonyl (C=O) groups excluding carboxylic acids is 1. The van der Waals surface area contributed by atoms with Gasteiger partial charge in [-0.2, -0.15) is 5.10 Å². The van der Waals surface area contributed by atoms with Crippen molar-refractivity contribution in [2.45, 2.75) is 38.3 Å². The summed E-state index contributed by atoms with van der Waals surface area (Å²) >= 11 is 0. The molecular formula is C12H21N3O5S. The number of aromatic nitrogens is 2. The molecule has 0 aliphatic rings. The summed E-state index contributed by atoms with van der Waals surface area (Å²) in [6.07, 6.45) is 1.13. The largest absolute Gasteiger partial charge is 0.462 e. The van der Waals surface area contributed by atoms with Crippen molar-refractivity contribution >= 4 is 16.0 Å². The topological polar surface area (TPSA) is 110 Å². The zero-order chi connectivity index (χ0) is 16.1. The molecular weight excluding hydrogens is 298 g/mol. The first-order valence-corrected chi connectivity index (χ1v) is 8.06. The van der Waals surface area contributed by atoms with Gasteiger partial charge in [-0.3, -0.25) is 5.10 Å². The predicted octanol–water partition coefficient (Wildman–Crippen LogP) is 0.680. The lowest BCUT2D eigenvalue weighted by Gasteiger charge is -2.24. The number of hydrogen-bond donors (Lipinski definition) is 2. The van der Waals surface area contributed by atoms with E-state index in [1.54, 1.807) is 20.8 Å². The quantitative estimate of drug-likeness (QED) is 0.682. The number of aromatic amines is 1. The maximum Gasteiger partial charge on any atom is 0.342 e. The van der Waals surface area contributed by atoms with Gasteiger partial charge >= 0.3 is 5.97 Å². The van der Waals surface area contributed by atoms with Gasteiger partial charge < -0.3 is 9.47 Å². The van der Waals surface area contributed by atoms with E-state index >= 15 is 0 Å². The fraction of sp³-hybridized carbons (Fsp3) is 0.667. The molecule has 0 unspecified atom stereocenters. The molecule has 9 heteroatoms. The molecule has 0 aliphatic carbocycles. The SMILES string of the molecule is CCOC(=O)c1cn[nH]c1S(=O)(=O)NCC(C)(C)OCC. The number of esters is 1. The first kappa shape index (κ1) is 17.6. The minimum absolute atomic E-state index is 0.0600. The van der Waals surface area contributed by atoms with Crippen LogP contribution in [0.5, 0.6) is 0 Å². The third kappa shape index (κ3) is 4.80. The van der Waals surface area contributed by atoms with Gasteiger partial charge in [-0.25, -0.2) is 17.9 Å². The molecule has 120 valence electrons. The molecule has 0 aromatic carbocycles. The van der Waals surface area contributed by atoms with Gasteiger partial charge in [-0.1, -0.05) is 0 Å². The third-order valence-corrected chi connectivity index (χ3v) is 3.96. The van der Waals surface area contributed by atoms with Gasteiger partial charge in [0.25, 0.3) is 10.0 Å². The van der Waals surface area contributed by atoms with Crippen LogP contribution in [0.2, 0.25) is 0 Å².